The molecule has 2 aromatic rings. The Bertz CT molecular complexity index is 827. The van der Waals surface area contributed by atoms with Crippen LogP contribution in [0.2, 0.25) is 5.02 Å². The van der Waals surface area contributed by atoms with Gasteiger partial charge in [0, 0.05) is 25.2 Å². The molecule has 0 unspecified atom stereocenters. The van der Waals surface area contributed by atoms with Crippen LogP contribution in [0.5, 0.6) is 0 Å². The minimum atomic E-state index is -0.562. The Morgan fingerprint density at radius 1 is 1.19 bits per heavy atom. The topological polar surface area (TPSA) is 49.4 Å². The Balaban J connectivity index is 1.55. The third-order valence-electron chi connectivity index (χ3n) is 4.36. The van der Waals surface area contributed by atoms with Gasteiger partial charge in [-0.1, -0.05) is 23.7 Å². The lowest BCUT2D eigenvalue weighted by atomic mass is 10.1. The van der Waals surface area contributed by atoms with Gasteiger partial charge in [0.15, 0.2) is 0 Å². The lowest BCUT2D eigenvalue weighted by Gasteiger charge is -2.16. The van der Waals surface area contributed by atoms with E-state index in [-0.39, 0.29) is 29.1 Å². The minimum absolute atomic E-state index is 0.0776. The summed E-state index contributed by atoms with van der Waals surface area (Å²) in [6.07, 6.45) is 0.720. The molecule has 0 aromatic heterocycles. The summed E-state index contributed by atoms with van der Waals surface area (Å²) in [5.41, 5.74) is 1.31. The molecule has 0 aliphatic carbocycles. The number of nitrogens with one attached hydrogen (secondary N) is 1. The number of nitrogens with zero attached hydrogens (tertiary/aromatic N) is 1. The predicted octanol–water partition coefficient (Wildman–Crippen LogP) is 3.65. The van der Waals surface area contributed by atoms with Crippen LogP contribution in [-0.4, -0.2) is 29.8 Å². The number of anilines is 1. The molecule has 0 radical (unpaired) electrons. The second-order valence-electron chi connectivity index (χ2n) is 6.24. The molecule has 2 aromatic carbocycles. The fourth-order valence-corrected chi connectivity index (χ4v) is 3.08. The molecule has 136 valence electrons. The standard InChI is InChI=1S/C19H17ClF2N2O2/c20-16-10-15(5-6-17(16)22)23-19(26)13-9-18(25)24(11-13)8-7-12-1-3-14(21)4-2-12/h1-6,10,13H,7-9,11H2,(H,23,26)/t13-/m1/s1. The third-order valence-corrected chi connectivity index (χ3v) is 4.65. The molecule has 2 amide bonds. The molecule has 1 aliphatic rings. The molecule has 1 N–H and O–H groups in total. The first kappa shape index (κ1) is 18.3. The van der Waals surface area contributed by atoms with Crippen molar-refractivity contribution in [1.29, 1.82) is 0 Å². The number of likely N-dealkylation sites (tertiary alicyclic amines) is 1. The van der Waals surface area contributed by atoms with Crippen molar-refractivity contribution in [2.45, 2.75) is 12.8 Å². The Hall–Kier alpha value is -2.47. The lowest BCUT2D eigenvalue weighted by Crippen LogP contribution is -2.30. The van der Waals surface area contributed by atoms with Crippen molar-refractivity contribution in [3.8, 4) is 0 Å². The van der Waals surface area contributed by atoms with Crippen LogP contribution in [0.4, 0.5) is 14.5 Å². The van der Waals surface area contributed by atoms with Crippen molar-refractivity contribution in [3.05, 3.63) is 64.7 Å². The maximum Gasteiger partial charge on any atom is 0.229 e. The first-order valence-electron chi connectivity index (χ1n) is 8.20. The molecule has 0 saturated carbocycles. The van der Waals surface area contributed by atoms with Gasteiger partial charge in [0.2, 0.25) is 11.8 Å². The van der Waals surface area contributed by atoms with Gasteiger partial charge in [-0.05, 0) is 42.3 Å². The van der Waals surface area contributed by atoms with Gasteiger partial charge in [0.25, 0.3) is 0 Å². The van der Waals surface area contributed by atoms with Gasteiger partial charge in [0.1, 0.15) is 11.6 Å². The second kappa shape index (κ2) is 7.83. The van der Waals surface area contributed by atoms with Crippen molar-refractivity contribution in [2.75, 3.05) is 18.4 Å². The van der Waals surface area contributed by atoms with Crippen LogP contribution >= 0.6 is 11.6 Å². The summed E-state index contributed by atoms with van der Waals surface area (Å²) in [4.78, 5) is 26.1. The summed E-state index contributed by atoms with van der Waals surface area (Å²) in [6, 6.07) is 10.0. The molecule has 1 fully saturated rings. The van der Waals surface area contributed by atoms with Gasteiger partial charge in [0.05, 0.1) is 10.9 Å². The summed E-state index contributed by atoms with van der Waals surface area (Å²) >= 11 is 5.70. The number of rotatable bonds is 5. The van der Waals surface area contributed by atoms with Gasteiger partial charge >= 0.3 is 0 Å². The Labute approximate surface area is 154 Å². The zero-order valence-electron chi connectivity index (χ0n) is 13.8. The van der Waals surface area contributed by atoms with Crippen LogP contribution in [0.15, 0.2) is 42.5 Å². The van der Waals surface area contributed by atoms with Gasteiger partial charge in [-0.2, -0.15) is 0 Å². The fraction of sp³-hybridized carbons (Fsp3) is 0.263. The van der Waals surface area contributed by atoms with Crippen molar-refractivity contribution in [1.82, 2.24) is 4.90 Å². The first-order valence-corrected chi connectivity index (χ1v) is 8.58. The summed E-state index contributed by atoms with van der Waals surface area (Å²) in [5.74, 6) is -1.73. The molecule has 4 nitrogen and oxygen atoms in total. The average molecular weight is 379 g/mol. The number of hydrogen-bond donors (Lipinski definition) is 1. The molecule has 1 aliphatic heterocycles. The number of carbonyl (C=O) groups excluding carboxylic acids is 2. The Morgan fingerprint density at radius 3 is 2.62 bits per heavy atom. The van der Waals surface area contributed by atoms with Crippen molar-refractivity contribution >= 4 is 29.1 Å². The predicted molar refractivity (Wildman–Crippen MR) is 94.8 cm³/mol. The monoisotopic (exact) mass is 378 g/mol. The molecule has 1 saturated heterocycles. The number of carbonyl (C=O) groups is 2. The van der Waals surface area contributed by atoms with Crippen LogP contribution in [0.3, 0.4) is 0 Å². The highest BCUT2D eigenvalue weighted by molar-refractivity contribution is 6.31. The normalized spacial score (nSPS) is 16.8. The zero-order valence-corrected chi connectivity index (χ0v) is 14.6. The van der Waals surface area contributed by atoms with Gasteiger partial charge in [-0.15, -0.1) is 0 Å². The molecule has 0 bridgehead atoms. The van der Waals surface area contributed by atoms with E-state index in [0.717, 1.165) is 5.56 Å². The maximum absolute atomic E-state index is 13.2. The van der Waals surface area contributed by atoms with E-state index in [1.165, 1.54) is 30.3 Å². The summed E-state index contributed by atoms with van der Waals surface area (Å²) in [6.45, 7) is 0.789. The van der Waals surface area contributed by atoms with Crippen LogP contribution in [-0.2, 0) is 16.0 Å². The molecule has 1 heterocycles. The number of amides is 2. The van der Waals surface area contributed by atoms with Crippen LogP contribution in [0.1, 0.15) is 12.0 Å². The SMILES string of the molecule is O=C(Nc1ccc(F)c(Cl)c1)[C@@H]1CC(=O)N(CCc2ccc(F)cc2)C1. The van der Waals surface area contributed by atoms with E-state index in [2.05, 4.69) is 5.32 Å². The van der Waals surface area contributed by atoms with Crippen LogP contribution < -0.4 is 5.32 Å². The van der Waals surface area contributed by atoms with Gasteiger partial charge in [-0.3, -0.25) is 9.59 Å². The number of benzene rings is 2. The highest BCUT2D eigenvalue weighted by Gasteiger charge is 2.34. The fourth-order valence-electron chi connectivity index (χ4n) is 2.90. The van der Waals surface area contributed by atoms with Crippen molar-refractivity contribution in [2.24, 2.45) is 5.92 Å². The molecule has 0 spiro atoms. The van der Waals surface area contributed by atoms with E-state index >= 15 is 0 Å². The quantitative estimate of drug-likeness (QED) is 0.863. The van der Waals surface area contributed by atoms with Crippen LogP contribution in [0, 0.1) is 17.6 Å². The molecular weight excluding hydrogens is 362 g/mol. The minimum Gasteiger partial charge on any atom is -0.342 e. The Kier molecular flexibility index (Phi) is 5.52. The third kappa shape index (κ3) is 4.38. The largest absolute Gasteiger partial charge is 0.342 e. The maximum atomic E-state index is 13.2. The van der Waals surface area contributed by atoms with Gasteiger partial charge < -0.3 is 10.2 Å². The van der Waals surface area contributed by atoms with E-state index in [1.807, 2.05) is 0 Å². The molecule has 26 heavy (non-hydrogen) atoms. The Morgan fingerprint density at radius 2 is 1.92 bits per heavy atom. The van der Waals surface area contributed by atoms with E-state index in [1.54, 1.807) is 17.0 Å². The average Bonchev–Trinajstić information content (AvgIpc) is 2.99. The smallest absolute Gasteiger partial charge is 0.229 e. The first-order chi connectivity index (χ1) is 12.4. The van der Waals surface area contributed by atoms with E-state index in [4.69, 9.17) is 11.6 Å². The van der Waals surface area contributed by atoms with Gasteiger partial charge in [-0.25, -0.2) is 8.78 Å². The lowest BCUT2D eigenvalue weighted by molar-refractivity contribution is -0.128. The number of halogens is 3. The highest BCUT2D eigenvalue weighted by atomic mass is 35.5. The molecular formula is C19H17ClF2N2O2. The zero-order chi connectivity index (χ0) is 18.7. The van der Waals surface area contributed by atoms with Crippen molar-refractivity contribution < 1.29 is 18.4 Å². The van der Waals surface area contributed by atoms with E-state index in [0.29, 0.717) is 25.2 Å². The second-order valence-corrected chi connectivity index (χ2v) is 6.64. The highest BCUT2D eigenvalue weighted by Crippen LogP contribution is 2.23. The summed E-state index contributed by atoms with van der Waals surface area (Å²) in [5, 5.41) is 2.58. The number of hydrogen-bond acceptors (Lipinski definition) is 2. The molecule has 1 atom stereocenters. The summed E-state index contributed by atoms with van der Waals surface area (Å²) < 4.78 is 26.1. The van der Waals surface area contributed by atoms with E-state index in [9.17, 15) is 18.4 Å². The molecule has 7 heteroatoms. The summed E-state index contributed by atoms with van der Waals surface area (Å²) in [7, 11) is 0. The van der Waals surface area contributed by atoms with Crippen LogP contribution in [0.25, 0.3) is 0 Å². The molecule has 3 rings (SSSR count). The van der Waals surface area contributed by atoms with Crippen molar-refractivity contribution in [3.63, 3.8) is 0 Å². The van der Waals surface area contributed by atoms with E-state index < -0.39 is 11.7 Å².